The Morgan fingerprint density at radius 3 is 2.74 bits per heavy atom. The van der Waals surface area contributed by atoms with E-state index in [-0.39, 0.29) is 11.2 Å². The molecule has 98 valence electrons. The Kier molecular flexibility index (Phi) is 2.59. The smallest absolute Gasteiger partial charge is 0.165 e. The molecule has 3 nitrogen and oxygen atoms in total. The molecule has 3 rings (SSSR count). The topological polar surface area (TPSA) is 39.2 Å². The van der Waals surface area contributed by atoms with Crippen molar-refractivity contribution in [3.63, 3.8) is 0 Å². The average molecular weight is 255 g/mol. The molecule has 1 aromatic carbocycles. The van der Waals surface area contributed by atoms with Gasteiger partial charge in [0.15, 0.2) is 5.78 Å². The monoisotopic (exact) mass is 255 g/mol. The van der Waals surface area contributed by atoms with Gasteiger partial charge in [-0.05, 0) is 36.1 Å². The van der Waals surface area contributed by atoms with Crippen LogP contribution in [0.15, 0.2) is 24.3 Å². The van der Waals surface area contributed by atoms with Crippen LogP contribution in [-0.2, 0) is 6.42 Å². The fraction of sp³-hybridized carbons (Fsp3) is 0.375. The number of benzene rings is 1. The van der Waals surface area contributed by atoms with E-state index in [2.05, 4.69) is 18.8 Å². The van der Waals surface area contributed by atoms with Crippen LogP contribution in [0.25, 0.3) is 10.9 Å². The van der Waals surface area contributed by atoms with E-state index in [0.717, 1.165) is 34.3 Å². The molecular formula is C16H17NO2. The summed E-state index contributed by atoms with van der Waals surface area (Å²) in [5.41, 5.74) is 2.64. The van der Waals surface area contributed by atoms with E-state index in [1.807, 2.05) is 24.3 Å². The van der Waals surface area contributed by atoms with E-state index in [9.17, 15) is 4.79 Å². The third kappa shape index (κ3) is 2.09. The summed E-state index contributed by atoms with van der Waals surface area (Å²) in [6.07, 6.45) is 1.45. The van der Waals surface area contributed by atoms with Gasteiger partial charge in [0.25, 0.3) is 0 Å². The molecule has 0 bridgehead atoms. The SMILES string of the molecule is COc1ccc2nc3c(cc2c1)C(=O)CC(C)(C)C3. The van der Waals surface area contributed by atoms with Crippen molar-refractivity contribution in [3.05, 3.63) is 35.5 Å². The van der Waals surface area contributed by atoms with Gasteiger partial charge in [0.2, 0.25) is 0 Å². The van der Waals surface area contributed by atoms with Gasteiger partial charge >= 0.3 is 0 Å². The summed E-state index contributed by atoms with van der Waals surface area (Å²) in [4.78, 5) is 16.9. The van der Waals surface area contributed by atoms with Crippen LogP contribution >= 0.6 is 0 Å². The number of ether oxygens (including phenoxy) is 1. The fourth-order valence-corrected chi connectivity index (χ4v) is 2.74. The van der Waals surface area contributed by atoms with Gasteiger partial charge in [-0.25, -0.2) is 0 Å². The van der Waals surface area contributed by atoms with Crippen LogP contribution in [0.3, 0.4) is 0 Å². The van der Waals surface area contributed by atoms with E-state index in [4.69, 9.17) is 4.74 Å². The minimum Gasteiger partial charge on any atom is -0.497 e. The molecule has 3 heteroatoms. The first-order chi connectivity index (χ1) is 8.98. The molecule has 0 unspecified atom stereocenters. The van der Waals surface area contributed by atoms with Crippen molar-refractivity contribution in [1.29, 1.82) is 0 Å². The summed E-state index contributed by atoms with van der Waals surface area (Å²) in [6.45, 7) is 4.24. The van der Waals surface area contributed by atoms with E-state index in [0.29, 0.717) is 6.42 Å². The van der Waals surface area contributed by atoms with Crippen molar-refractivity contribution in [2.24, 2.45) is 5.41 Å². The van der Waals surface area contributed by atoms with Gasteiger partial charge in [-0.1, -0.05) is 13.8 Å². The zero-order chi connectivity index (χ0) is 13.6. The Hall–Kier alpha value is -1.90. The molecule has 0 aliphatic heterocycles. The lowest BCUT2D eigenvalue weighted by Gasteiger charge is -2.29. The summed E-state index contributed by atoms with van der Waals surface area (Å²) in [7, 11) is 1.64. The maximum absolute atomic E-state index is 12.2. The van der Waals surface area contributed by atoms with Gasteiger partial charge in [0.05, 0.1) is 18.3 Å². The molecule has 0 radical (unpaired) electrons. The van der Waals surface area contributed by atoms with Gasteiger partial charge in [0, 0.05) is 17.4 Å². The number of hydrogen-bond acceptors (Lipinski definition) is 3. The second-order valence-corrected chi connectivity index (χ2v) is 5.98. The molecule has 2 aromatic rings. The largest absolute Gasteiger partial charge is 0.497 e. The first-order valence-corrected chi connectivity index (χ1v) is 6.49. The van der Waals surface area contributed by atoms with Crippen LogP contribution in [0, 0.1) is 5.41 Å². The zero-order valence-corrected chi connectivity index (χ0v) is 11.5. The van der Waals surface area contributed by atoms with Crippen LogP contribution < -0.4 is 4.74 Å². The minimum absolute atomic E-state index is 0.0111. The third-order valence-electron chi connectivity index (χ3n) is 3.69. The number of methoxy groups -OCH3 is 1. The van der Waals surface area contributed by atoms with Gasteiger partial charge < -0.3 is 4.74 Å². The van der Waals surface area contributed by atoms with Crippen LogP contribution in [0.1, 0.15) is 36.3 Å². The number of Topliss-reactive ketones (excluding diaryl/α,β-unsaturated/α-hetero) is 1. The first-order valence-electron chi connectivity index (χ1n) is 6.49. The number of fused-ring (bicyclic) bond motifs is 2. The summed E-state index contributed by atoms with van der Waals surface area (Å²) in [6, 6.07) is 7.73. The number of ketones is 1. The number of aromatic nitrogens is 1. The van der Waals surface area contributed by atoms with Crippen molar-refractivity contribution in [2.45, 2.75) is 26.7 Å². The van der Waals surface area contributed by atoms with E-state index < -0.39 is 0 Å². The molecule has 0 N–H and O–H groups in total. The van der Waals surface area contributed by atoms with Crippen LogP contribution in [-0.4, -0.2) is 17.9 Å². The number of pyridine rings is 1. The van der Waals surface area contributed by atoms with E-state index in [1.165, 1.54) is 0 Å². The van der Waals surface area contributed by atoms with Crippen LogP contribution in [0.4, 0.5) is 0 Å². The van der Waals surface area contributed by atoms with Crippen molar-refractivity contribution >= 4 is 16.7 Å². The Morgan fingerprint density at radius 1 is 1.21 bits per heavy atom. The van der Waals surface area contributed by atoms with Gasteiger partial charge in [-0.15, -0.1) is 0 Å². The van der Waals surface area contributed by atoms with Crippen molar-refractivity contribution in [2.75, 3.05) is 7.11 Å². The highest BCUT2D eigenvalue weighted by Crippen LogP contribution is 2.35. The lowest BCUT2D eigenvalue weighted by atomic mass is 9.75. The molecule has 0 saturated carbocycles. The Balaban J connectivity index is 2.20. The number of nitrogens with zero attached hydrogens (tertiary/aromatic N) is 1. The standard InChI is InChI=1S/C16H17NO2/c1-16(2)8-14-12(15(18)9-16)7-10-6-11(19-3)4-5-13(10)17-14/h4-7H,8-9H2,1-3H3. The maximum Gasteiger partial charge on any atom is 0.165 e. The molecular weight excluding hydrogens is 238 g/mol. The second kappa shape index (κ2) is 4.05. The summed E-state index contributed by atoms with van der Waals surface area (Å²) < 4.78 is 5.21. The quantitative estimate of drug-likeness (QED) is 0.784. The third-order valence-corrected chi connectivity index (χ3v) is 3.69. The molecule has 19 heavy (non-hydrogen) atoms. The Bertz CT molecular complexity index is 674. The number of rotatable bonds is 1. The first kappa shape index (κ1) is 12.2. The Morgan fingerprint density at radius 2 is 2.00 bits per heavy atom. The van der Waals surface area contributed by atoms with Crippen LogP contribution in [0.2, 0.25) is 0 Å². The average Bonchev–Trinajstić information content (AvgIpc) is 2.35. The normalized spacial score (nSPS) is 17.3. The van der Waals surface area contributed by atoms with E-state index in [1.54, 1.807) is 7.11 Å². The van der Waals surface area contributed by atoms with Crippen molar-refractivity contribution in [1.82, 2.24) is 4.98 Å². The number of hydrogen-bond donors (Lipinski definition) is 0. The second-order valence-electron chi connectivity index (χ2n) is 5.98. The predicted molar refractivity (Wildman–Crippen MR) is 74.7 cm³/mol. The summed E-state index contributed by atoms with van der Waals surface area (Å²) >= 11 is 0. The highest BCUT2D eigenvalue weighted by atomic mass is 16.5. The zero-order valence-electron chi connectivity index (χ0n) is 11.5. The summed E-state index contributed by atoms with van der Waals surface area (Å²) in [5, 5.41) is 0.964. The molecule has 0 spiro atoms. The van der Waals surface area contributed by atoms with E-state index >= 15 is 0 Å². The van der Waals surface area contributed by atoms with Gasteiger partial charge in [-0.2, -0.15) is 0 Å². The lowest BCUT2D eigenvalue weighted by Crippen LogP contribution is -2.27. The Labute approximate surface area is 112 Å². The predicted octanol–water partition coefficient (Wildman–Crippen LogP) is 3.40. The molecule has 0 amide bonds. The lowest BCUT2D eigenvalue weighted by molar-refractivity contribution is 0.0910. The number of carbonyl (C=O) groups is 1. The molecule has 1 heterocycles. The molecule has 1 aliphatic rings. The van der Waals surface area contributed by atoms with Gasteiger partial charge in [0.1, 0.15) is 5.75 Å². The molecule has 1 aromatic heterocycles. The highest BCUT2D eigenvalue weighted by molar-refractivity contribution is 6.01. The molecule has 1 aliphatic carbocycles. The van der Waals surface area contributed by atoms with Crippen molar-refractivity contribution < 1.29 is 9.53 Å². The van der Waals surface area contributed by atoms with Crippen LogP contribution in [0.5, 0.6) is 5.75 Å². The molecule has 0 saturated heterocycles. The number of carbonyl (C=O) groups excluding carboxylic acids is 1. The molecule has 0 fully saturated rings. The molecule has 0 atom stereocenters. The highest BCUT2D eigenvalue weighted by Gasteiger charge is 2.32. The van der Waals surface area contributed by atoms with Gasteiger partial charge in [-0.3, -0.25) is 9.78 Å². The fourth-order valence-electron chi connectivity index (χ4n) is 2.74. The van der Waals surface area contributed by atoms with Crippen molar-refractivity contribution in [3.8, 4) is 5.75 Å². The maximum atomic E-state index is 12.2. The summed E-state index contributed by atoms with van der Waals surface area (Å²) in [5.74, 6) is 0.987. The minimum atomic E-state index is 0.0111.